The van der Waals surface area contributed by atoms with Crippen LogP contribution in [0.2, 0.25) is 0 Å². The van der Waals surface area contributed by atoms with Crippen LogP contribution in [0, 0.1) is 10.1 Å². The number of non-ortho nitro benzene ring substituents is 1. The SMILES string of the molecule is CCc1ccccc1NC(=O)CN(C)C(=O)c1n[nH]c2ccc([N+](=O)[O-])cc12. The average Bonchev–Trinajstić information content (AvgIpc) is 3.10. The lowest BCUT2D eigenvalue weighted by molar-refractivity contribution is -0.384. The summed E-state index contributed by atoms with van der Waals surface area (Å²) in [7, 11) is 1.48. The number of aromatic nitrogens is 2. The van der Waals surface area contributed by atoms with Gasteiger partial charge in [-0.15, -0.1) is 0 Å². The van der Waals surface area contributed by atoms with Gasteiger partial charge in [-0.2, -0.15) is 5.10 Å². The van der Waals surface area contributed by atoms with Crippen molar-refractivity contribution in [3.05, 3.63) is 63.8 Å². The van der Waals surface area contributed by atoms with E-state index in [0.29, 0.717) is 16.6 Å². The van der Waals surface area contributed by atoms with Gasteiger partial charge in [-0.3, -0.25) is 24.8 Å². The molecule has 1 heterocycles. The Kier molecular flexibility index (Phi) is 5.35. The van der Waals surface area contributed by atoms with Crippen LogP contribution in [0.4, 0.5) is 11.4 Å². The highest BCUT2D eigenvalue weighted by Gasteiger charge is 2.22. The predicted octanol–water partition coefficient (Wildman–Crippen LogP) is 2.74. The van der Waals surface area contributed by atoms with E-state index in [9.17, 15) is 19.7 Å². The van der Waals surface area contributed by atoms with Crippen LogP contribution in [0.1, 0.15) is 23.0 Å². The van der Waals surface area contributed by atoms with Crippen molar-refractivity contribution in [2.24, 2.45) is 0 Å². The number of nitro groups is 1. The Balaban J connectivity index is 1.75. The number of carbonyl (C=O) groups is 2. The molecule has 28 heavy (non-hydrogen) atoms. The van der Waals surface area contributed by atoms with E-state index in [0.717, 1.165) is 12.0 Å². The van der Waals surface area contributed by atoms with Crippen molar-refractivity contribution in [2.75, 3.05) is 18.9 Å². The van der Waals surface area contributed by atoms with Gasteiger partial charge in [0.2, 0.25) is 5.91 Å². The van der Waals surface area contributed by atoms with Crippen LogP contribution < -0.4 is 5.32 Å². The molecule has 0 aliphatic rings. The zero-order valence-electron chi connectivity index (χ0n) is 15.4. The Morgan fingerprint density at radius 3 is 2.71 bits per heavy atom. The predicted molar refractivity (Wildman–Crippen MR) is 104 cm³/mol. The van der Waals surface area contributed by atoms with Crippen LogP contribution >= 0.6 is 0 Å². The van der Waals surface area contributed by atoms with Crippen LogP contribution in [-0.2, 0) is 11.2 Å². The molecule has 1 aromatic heterocycles. The number of aromatic amines is 1. The van der Waals surface area contributed by atoms with E-state index in [1.807, 2.05) is 25.1 Å². The summed E-state index contributed by atoms with van der Waals surface area (Å²) in [5.41, 5.74) is 2.10. The summed E-state index contributed by atoms with van der Waals surface area (Å²) in [6.45, 7) is 1.81. The van der Waals surface area contributed by atoms with Gasteiger partial charge in [0.15, 0.2) is 5.69 Å². The number of nitro benzene ring substituents is 1. The molecule has 3 aromatic rings. The summed E-state index contributed by atoms with van der Waals surface area (Å²) < 4.78 is 0. The number of hydrogen-bond acceptors (Lipinski definition) is 5. The zero-order valence-corrected chi connectivity index (χ0v) is 15.4. The third-order valence-electron chi connectivity index (χ3n) is 4.36. The van der Waals surface area contributed by atoms with Crippen LogP contribution in [0.3, 0.4) is 0 Å². The van der Waals surface area contributed by atoms with Crippen molar-refractivity contribution in [3.63, 3.8) is 0 Å². The van der Waals surface area contributed by atoms with Crippen molar-refractivity contribution >= 4 is 34.1 Å². The fourth-order valence-corrected chi connectivity index (χ4v) is 2.89. The van der Waals surface area contributed by atoms with E-state index in [2.05, 4.69) is 15.5 Å². The van der Waals surface area contributed by atoms with E-state index in [1.54, 1.807) is 6.07 Å². The lowest BCUT2D eigenvalue weighted by Gasteiger charge is -2.16. The molecule has 2 N–H and O–H groups in total. The molecule has 0 bridgehead atoms. The van der Waals surface area contributed by atoms with Crippen molar-refractivity contribution in [1.29, 1.82) is 0 Å². The Morgan fingerprint density at radius 1 is 1.25 bits per heavy atom. The van der Waals surface area contributed by atoms with Crippen molar-refractivity contribution in [1.82, 2.24) is 15.1 Å². The molecular weight excluding hydrogens is 362 g/mol. The van der Waals surface area contributed by atoms with Gasteiger partial charge in [0.1, 0.15) is 0 Å². The summed E-state index contributed by atoms with van der Waals surface area (Å²) in [5, 5.41) is 20.8. The van der Waals surface area contributed by atoms with Crippen molar-refractivity contribution in [3.8, 4) is 0 Å². The number of carbonyl (C=O) groups excluding carboxylic acids is 2. The third-order valence-corrected chi connectivity index (χ3v) is 4.36. The van der Waals surface area contributed by atoms with E-state index >= 15 is 0 Å². The number of fused-ring (bicyclic) bond motifs is 1. The van der Waals surface area contributed by atoms with E-state index in [4.69, 9.17) is 0 Å². The van der Waals surface area contributed by atoms with Gasteiger partial charge in [0.05, 0.1) is 17.0 Å². The molecule has 0 aliphatic carbocycles. The Hall–Kier alpha value is -3.75. The van der Waals surface area contributed by atoms with Crippen LogP contribution in [0.5, 0.6) is 0 Å². The first-order valence-corrected chi connectivity index (χ1v) is 8.66. The van der Waals surface area contributed by atoms with Crippen molar-refractivity contribution in [2.45, 2.75) is 13.3 Å². The number of amides is 2. The maximum Gasteiger partial charge on any atom is 0.275 e. The maximum atomic E-state index is 12.7. The molecule has 3 rings (SSSR count). The lowest BCUT2D eigenvalue weighted by atomic mass is 10.1. The highest BCUT2D eigenvalue weighted by Crippen LogP contribution is 2.23. The molecule has 0 saturated heterocycles. The molecule has 0 saturated carbocycles. The molecule has 0 atom stereocenters. The fourth-order valence-electron chi connectivity index (χ4n) is 2.89. The molecule has 0 fully saturated rings. The van der Waals surface area contributed by atoms with Crippen LogP contribution in [0.25, 0.3) is 10.9 Å². The van der Waals surface area contributed by atoms with Crippen molar-refractivity contribution < 1.29 is 14.5 Å². The monoisotopic (exact) mass is 381 g/mol. The summed E-state index contributed by atoms with van der Waals surface area (Å²) in [5.74, 6) is -0.853. The molecule has 0 spiro atoms. The van der Waals surface area contributed by atoms with Gasteiger partial charge in [0.25, 0.3) is 11.6 Å². The number of aryl methyl sites for hydroxylation is 1. The summed E-state index contributed by atoms with van der Waals surface area (Å²) in [6.07, 6.45) is 0.767. The summed E-state index contributed by atoms with van der Waals surface area (Å²) in [6, 6.07) is 11.6. The molecule has 0 unspecified atom stereocenters. The Labute approximate surface area is 160 Å². The van der Waals surface area contributed by atoms with Gasteiger partial charge < -0.3 is 10.2 Å². The van der Waals surface area contributed by atoms with Gasteiger partial charge in [-0.05, 0) is 24.1 Å². The average molecular weight is 381 g/mol. The first-order valence-electron chi connectivity index (χ1n) is 8.66. The molecule has 0 aliphatic heterocycles. The van der Waals surface area contributed by atoms with E-state index < -0.39 is 10.8 Å². The minimum absolute atomic E-state index is 0.0305. The second kappa shape index (κ2) is 7.87. The zero-order chi connectivity index (χ0) is 20.3. The van der Waals surface area contributed by atoms with E-state index in [-0.39, 0.29) is 23.8 Å². The minimum atomic E-state index is -0.539. The Morgan fingerprint density at radius 2 is 2.00 bits per heavy atom. The molecule has 144 valence electrons. The van der Waals surface area contributed by atoms with Gasteiger partial charge in [0, 0.05) is 30.3 Å². The standard InChI is InChI=1S/C19H19N5O4/c1-3-12-6-4-5-7-15(12)20-17(25)11-23(2)19(26)18-14-10-13(24(27)28)8-9-16(14)21-22-18/h4-10H,3,11H2,1-2H3,(H,20,25)(H,21,22). The number of benzene rings is 2. The maximum absolute atomic E-state index is 12.7. The number of anilines is 1. The number of para-hydroxylation sites is 1. The summed E-state index contributed by atoms with van der Waals surface area (Å²) in [4.78, 5) is 36.7. The number of rotatable bonds is 6. The number of nitrogens with zero attached hydrogens (tertiary/aromatic N) is 3. The topological polar surface area (TPSA) is 121 Å². The number of likely N-dealkylation sites (N-methyl/N-ethyl adjacent to an activating group) is 1. The minimum Gasteiger partial charge on any atom is -0.331 e. The highest BCUT2D eigenvalue weighted by molar-refractivity contribution is 6.06. The second-order valence-electron chi connectivity index (χ2n) is 6.28. The first-order chi connectivity index (χ1) is 13.4. The molecule has 2 amide bonds. The van der Waals surface area contributed by atoms with E-state index in [1.165, 1.54) is 30.1 Å². The molecule has 0 radical (unpaired) electrons. The largest absolute Gasteiger partial charge is 0.331 e. The molecule has 9 nitrogen and oxygen atoms in total. The quantitative estimate of drug-likeness (QED) is 0.502. The smallest absolute Gasteiger partial charge is 0.275 e. The number of nitrogens with one attached hydrogen (secondary N) is 2. The molecule has 9 heteroatoms. The van der Waals surface area contributed by atoms with Crippen LogP contribution in [0.15, 0.2) is 42.5 Å². The Bertz CT molecular complexity index is 1060. The van der Waals surface area contributed by atoms with Gasteiger partial charge in [-0.25, -0.2) is 0 Å². The molecule has 2 aromatic carbocycles. The molecular formula is C19H19N5O4. The normalized spacial score (nSPS) is 10.6. The first kappa shape index (κ1) is 19.0. The number of hydrogen-bond donors (Lipinski definition) is 2. The third kappa shape index (κ3) is 3.83. The van der Waals surface area contributed by atoms with Gasteiger partial charge in [-0.1, -0.05) is 25.1 Å². The highest BCUT2D eigenvalue weighted by atomic mass is 16.6. The fraction of sp³-hybridized carbons (Fsp3) is 0.211. The van der Waals surface area contributed by atoms with Gasteiger partial charge >= 0.3 is 0 Å². The summed E-state index contributed by atoms with van der Waals surface area (Å²) >= 11 is 0. The number of H-pyrrole nitrogens is 1. The lowest BCUT2D eigenvalue weighted by Crippen LogP contribution is -2.35. The van der Waals surface area contributed by atoms with Crippen LogP contribution in [-0.4, -0.2) is 45.4 Å². The second-order valence-corrected chi connectivity index (χ2v) is 6.28.